The van der Waals surface area contributed by atoms with Crippen molar-refractivity contribution >= 4 is 0 Å². The van der Waals surface area contributed by atoms with Crippen molar-refractivity contribution in [2.24, 2.45) is 17.1 Å². The molecule has 1 aliphatic carbocycles. The second-order valence-electron chi connectivity index (χ2n) is 7.10. The Labute approximate surface area is 131 Å². The first-order valence-electron chi connectivity index (χ1n) is 8.43. The van der Waals surface area contributed by atoms with Crippen molar-refractivity contribution in [3.05, 3.63) is 0 Å². The monoisotopic (exact) mass is 300 g/mol. The Bertz CT molecular complexity index is 276. The van der Waals surface area contributed by atoms with Crippen LogP contribution in [0.1, 0.15) is 46.5 Å². The van der Waals surface area contributed by atoms with Gasteiger partial charge in [0.15, 0.2) is 0 Å². The van der Waals surface area contributed by atoms with Crippen LogP contribution in [0.2, 0.25) is 0 Å². The number of nitrogens with zero attached hydrogens (tertiary/aromatic N) is 1. The quantitative estimate of drug-likeness (QED) is 0.711. The van der Waals surface area contributed by atoms with Gasteiger partial charge in [0.2, 0.25) is 0 Å². The number of hydrogen-bond donors (Lipinski definition) is 1. The number of methoxy groups -OCH3 is 2. The first-order valence-corrected chi connectivity index (χ1v) is 8.43. The number of rotatable bonds is 9. The largest absolute Gasteiger partial charge is 0.383 e. The van der Waals surface area contributed by atoms with Gasteiger partial charge < -0.3 is 15.2 Å². The van der Waals surface area contributed by atoms with E-state index in [1.807, 2.05) is 0 Å². The van der Waals surface area contributed by atoms with Gasteiger partial charge in [-0.05, 0) is 30.6 Å². The molecule has 126 valence electrons. The molecule has 0 aliphatic heterocycles. The molecule has 3 atom stereocenters. The Balaban J connectivity index is 2.72. The Hall–Kier alpha value is -0.160. The summed E-state index contributed by atoms with van der Waals surface area (Å²) in [7, 11) is 3.52. The Morgan fingerprint density at radius 2 is 1.67 bits per heavy atom. The number of ether oxygens (including phenoxy) is 2. The van der Waals surface area contributed by atoms with Gasteiger partial charge in [0.25, 0.3) is 0 Å². The van der Waals surface area contributed by atoms with Crippen LogP contribution < -0.4 is 5.73 Å². The summed E-state index contributed by atoms with van der Waals surface area (Å²) < 4.78 is 10.5. The van der Waals surface area contributed by atoms with E-state index in [0.717, 1.165) is 38.6 Å². The number of nitrogens with two attached hydrogens (primary N) is 1. The molecule has 1 fully saturated rings. The summed E-state index contributed by atoms with van der Waals surface area (Å²) in [6, 6.07) is 0.738. The van der Waals surface area contributed by atoms with E-state index < -0.39 is 0 Å². The van der Waals surface area contributed by atoms with Gasteiger partial charge in [-0.15, -0.1) is 0 Å². The van der Waals surface area contributed by atoms with Crippen molar-refractivity contribution in [3.63, 3.8) is 0 Å². The minimum atomic E-state index is 0.280. The van der Waals surface area contributed by atoms with E-state index in [1.165, 1.54) is 19.3 Å². The van der Waals surface area contributed by atoms with Crippen molar-refractivity contribution in [2.45, 2.75) is 58.5 Å². The smallest absolute Gasteiger partial charge is 0.0589 e. The van der Waals surface area contributed by atoms with Crippen LogP contribution in [0.3, 0.4) is 0 Å². The van der Waals surface area contributed by atoms with Crippen LogP contribution in [0.15, 0.2) is 0 Å². The van der Waals surface area contributed by atoms with Crippen LogP contribution in [-0.4, -0.2) is 57.5 Å². The average molecular weight is 300 g/mol. The lowest BCUT2D eigenvalue weighted by atomic mass is 9.67. The van der Waals surface area contributed by atoms with Crippen LogP contribution in [-0.2, 0) is 9.47 Å². The molecule has 21 heavy (non-hydrogen) atoms. The molecule has 4 heteroatoms. The van der Waals surface area contributed by atoms with E-state index >= 15 is 0 Å². The molecular formula is C17H36N2O2. The molecule has 0 saturated heterocycles. The minimum Gasteiger partial charge on any atom is -0.383 e. The van der Waals surface area contributed by atoms with Gasteiger partial charge in [0.1, 0.15) is 0 Å². The number of hydrogen-bond acceptors (Lipinski definition) is 4. The third-order valence-electron chi connectivity index (χ3n) is 5.52. The predicted octanol–water partition coefficient (Wildman–Crippen LogP) is 2.51. The maximum absolute atomic E-state index is 6.45. The van der Waals surface area contributed by atoms with Gasteiger partial charge in [-0.1, -0.05) is 27.2 Å². The molecule has 0 aromatic heterocycles. The molecule has 0 heterocycles. The van der Waals surface area contributed by atoms with Gasteiger partial charge in [0, 0.05) is 39.4 Å². The molecule has 0 aromatic carbocycles. The lowest BCUT2D eigenvalue weighted by molar-refractivity contribution is 0.0307. The average Bonchev–Trinajstić information content (AvgIpc) is 2.48. The third-order valence-corrected chi connectivity index (χ3v) is 5.52. The van der Waals surface area contributed by atoms with Gasteiger partial charge in [-0.2, -0.15) is 0 Å². The van der Waals surface area contributed by atoms with Crippen LogP contribution >= 0.6 is 0 Å². The van der Waals surface area contributed by atoms with E-state index in [9.17, 15) is 0 Å². The van der Waals surface area contributed by atoms with Crippen molar-refractivity contribution < 1.29 is 9.47 Å². The normalized spacial score (nSPS) is 27.3. The SMILES string of the molecule is CCC(C)(C)C1CCC(N)C(N(CCOC)CCOC)C1. The zero-order valence-electron chi connectivity index (χ0n) is 14.7. The maximum atomic E-state index is 6.45. The zero-order chi connectivity index (χ0) is 15.9. The van der Waals surface area contributed by atoms with Crippen LogP contribution in [0.5, 0.6) is 0 Å². The Morgan fingerprint density at radius 1 is 1.10 bits per heavy atom. The molecule has 2 N–H and O–H groups in total. The van der Waals surface area contributed by atoms with Crippen LogP contribution in [0.25, 0.3) is 0 Å². The highest BCUT2D eigenvalue weighted by atomic mass is 16.5. The first-order chi connectivity index (χ1) is 9.96. The summed E-state index contributed by atoms with van der Waals surface area (Å²) in [5.41, 5.74) is 6.86. The van der Waals surface area contributed by atoms with E-state index in [0.29, 0.717) is 11.5 Å². The summed E-state index contributed by atoms with van der Waals surface area (Å²) in [6.07, 6.45) is 4.83. The lowest BCUT2D eigenvalue weighted by Crippen LogP contribution is -2.54. The predicted molar refractivity (Wildman–Crippen MR) is 88.5 cm³/mol. The molecule has 3 unspecified atom stereocenters. The Kier molecular flexibility index (Phi) is 8.17. The summed E-state index contributed by atoms with van der Waals surface area (Å²) in [4.78, 5) is 2.48. The van der Waals surface area contributed by atoms with Crippen molar-refractivity contribution in [1.29, 1.82) is 0 Å². The summed E-state index contributed by atoms with van der Waals surface area (Å²) >= 11 is 0. The minimum absolute atomic E-state index is 0.280. The first kappa shape index (κ1) is 18.9. The zero-order valence-corrected chi connectivity index (χ0v) is 14.7. The summed E-state index contributed by atoms with van der Waals surface area (Å²) in [6.45, 7) is 10.5. The summed E-state index contributed by atoms with van der Waals surface area (Å²) in [5, 5.41) is 0. The standard InChI is InChI=1S/C17H36N2O2/c1-6-17(2,3)14-7-8-15(18)16(13-14)19(9-11-20-4)10-12-21-5/h14-16H,6-13,18H2,1-5H3. The van der Waals surface area contributed by atoms with Crippen LogP contribution in [0, 0.1) is 11.3 Å². The molecule has 1 saturated carbocycles. The summed E-state index contributed by atoms with van der Waals surface area (Å²) in [5.74, 6) is 0.764. The molecule has 0 bridgehead atoms. The van der Waals surface area contributed by atoms with Crippen LogP contribution in [0.4, 0.5) is 0 Å². The highest BCUT2D eigenvalue weighted by Crippen LogP contribution is 2.41. The second-order valence-corrected chi connectivity index (χ2v) is 7.10. The van der Waals surface area contributed by atoms with Crippen molar-refractivity contribution in [2.75, 3.05) is 40.5 Å². The topological polar surface area (TPSA) is 47.7 Å². The van der Waals surface area contributed by atoms with Crippen molar-refractivity contribution in [3.8, 4) is 0 Å². The highest BCUT2D eigenvalue weighted by molar-refractivity contribution is 4.93. The molecule has 0 spiro atoms. The van der Waals surface area contributed by atoms with Gasteiger partial charge in [-0.3, -0.25) is 4.90 Å². The molecule has 1 aliphatic rings. The van der Waals surface area contributed by atoms with Crippen molar-refractivity contribution in [1.82, 2.24) is 4.90 Å². The van der Waals surface area contributed by atoms with E-state index in [-0.39, 0.29) is 6.04 Å². The molecule has 1 rings (SSSR count). The molecule has 0 amide bonds. The molecule has 4 nitrogen and oxygen atoms in total. The van der Waals surface area contributed by atoms with Gasteiger partial charge >= 0.3 is 0 Å². The highest BCUT2D eigenvalue weighted by Gasteiger charge is 2.38. The van der Waals surface area contributed by atoms with E-state index in [1.54, 1.807) is 14.2 Å². The van der Waals surface area contributed by atoms with E-state index in [4.69, 9.17) is 15.2 Å². The van der Waals surface area contributed by atoms with E-state index in [2.05, 4.69) is 25.7 Å². The van der Waals surface area contributed by atoms with Gasteiger partial charge in [0.05, 0.1) is 13.2 Å². The maximum Gasteiger partial charge on any atom is 0.0589 e. The molecular weight excluding hydrogens is 264 g/mol. The Morgan fingerprint density at radius 3 is 2.14 bits per heavy atom. The molecule has 0 aromatic rings. The fraction of sp³-hybridized carbons (Fsp3) is 1.00. The molecule has 0 radical (unpaired) electrons. The third kappa shape index (κ3) is 5.51. The fourth-order valence-electron chi connectivity index (χ4n) is 3.45. The van der Waals surface area contributed by atoms with Gasteiger partial charge in [-0.25, -0.2) is 0 Å². The second kappa shape index (κ2) is 9.09. The lowest BCUT2D eigenvalue weighted by Gasteiger charge is -2.46. The fourth-order valence-corrected chi connectivity index (χ4v) is 3.45.